The van der Waals surface area contributed by atoms with Gasteiger partial charge in [0.05, 0.1) is 22.5 Å². The SMILES string of the molecule is CN1CCOc2ccccc2CCCCCC2(CCN(C(=O)c3cc(N4CCCC4)ccc3Cl)CC2)C1=O. The molecule has 0 unspecified atom stereocenters. The standard InChI is InChI=1S/C31H40ClN3O3/c1-33-21-22-38-28-11-5-4-10-24(28)9-3-2-6-14-31(30(33)37)15-19-35(20-16-31)29(36)26-23-25(12-13-27(26)32)34-17-7-8-18-34/h4-5,10-13,23H,2-3,6-9,14-22H2,1H3. The molecule has 3 heterocycles. The average Bonchev–Trinajstić information content (AvgIpc) is 3.48. The summed E-state index contributed by atoms with van der Waals surface area (Å²) in [4.78, 5) is 33.4. The van der Waals surface area contributed by atoms with Gasteiger partial charge in [0.1, 0.15) is 12.4 Å². The third-order valence-electron chi connectivity index (χ3n) is 8.72. The lowest BCUT2D eigenvalue weighted by Gasteiger charge is -2.43. The zero-order chi connectivity index (χ0) is 26.5. The molecule has 0 atom stereocenters. The number of likely N-dealkylation sites (N-methyl/N-ethyl adjacent to an activating group) is 1. The van der Waals surface area contributed by atoms with Crippen molar-refractivity contribution in [2.75, 3.05) is 51.3 Å². The second-order valence-corrected chi connectivity index (χ2v) is 11.6. The Hall–Kier alpha value is -2.73. The molecule has 2 fully saturated rings. The number of rotatable bonds is 2. The average molecular weight is 538 g/mol. The van der Waals surface area contributed by atoms with Gasteiger partial charge in [-0.25, -0.2) is 0 Å². The first kappa shape index (κ1) is 26.9. The molecule has 38 heavy (non-hydrogen) atoms. The number of aryl methyl sites for hydroxylation is 1. The van der Waals surface area contributed by atoms with E-state index in [9.17, 15) is 9.59 Å². The number of ether oxygens (including phenoxy) is 1. The Morgan fingerprint density at radius 3 is 2.45 bits per heavy atom. The van der Waals surface area contributed by atoms with Gasteiger partial charge in [0, 0.05) is 38.9 Å². The number of carbonyl (C=O) groups is 2. The molecule has 0 N–H and O–H groups in total. The minimum Gasteiger partial charge on any atom is -0.491 e. The van der Waals surface area contributed by atoms with Gasteiger partial charge in [-0.3, -0.25) is 9.59 Å². The van der Waals surface area contributed by atoms with Crippen LogP contribution in [0, 0.1) is 5.41 Å². The monoisotopic (exact) mass is 537 g/mol. The predicted molar refractivity (Wildman–Crippen MR) is 152 cm³/mol. The molecule has 6 nitrogen and oxygen atoms in total. The summed E-state index contributed by atoms with van der Waals surface area (Å²) in [5, 5.41) is 0.497. The Bertz CT molecular complexity index is 1140. The molecule has 0 aliphatic carbocycles. The van der Waals surface area contributed by atoms with E-state index in [1.807, 2.05) is 47.2 Å². The maximum absolute atomic E-state index is 13.8. The van der Waals surface area contributed by atoms with Crippen LogP contribution < -0.4 is 9.64 Å². The highest BCUT2D eigenvalue weighted by atomic mass is 35.5. The molecule has 2 saturated heterocycles. The number of fused-ring (bicyclic) bond motifs is 1. The van der Waals surface area contributed by atoms with Crippen LogP contribution in [0.4, 0.5) is 5.69 Å². The van der Waals surface area contributed by atoms with E-state index in [1.54, 1.807) is 0 Å². The highest BCUT2D eigenvalue weighted by molar-refractivity contribution is 6.34. The van der Waals surface area contributed by atoms with E-state index in [0.717, 1.165) is 56.6 Å². The fourth-order valence-electron chi connectivity index (χ4n) is 6.33. The molecular weight excluding hydrogens is 498 g/mol. The lowest BCUT2D eigenvalue weighted by molar-refractivity contribution is -0.144. The van der Waals surface area contributed by atoms with Crippen molar-refractivity contribution in [3.05, 3.63) is 58.6 Å². The Morgan fingerprint density at radius 2 is 1.66 bits per heavy atom. The Morgan fingerprint density at radius 1 is 0.895 bits per heavy atom. The molecule has 0 aromatic heterocycles. The fourth-order valence-corrected chi connectivity index (χ4v) is 6.53. The molecule has 3 aliphatic rings. The van der Waals surface area contributed by atoms with Crippen molar-refractivity contribution < 1.29 is 14.3 Å². The number of carbonyl (C=O) groups excluding carboxylic acids is 2. The van der Waals surface area contributed by atoms with Crippen LogP contribution >= 0.6 is 11.6 Å². The molecule has 5 rings (SSSR count). The molecule has 7 heteroatoms. The second kappa shape index (κ2) is 12.0. The van der Waals surface area contributed by atoms with Gasteiger partial charge < -0.3 is 19.4 Å². The summed E-state index contributed by atoms with van der Waals surface area (Å²) in [6.07, 6.45) is 8.77. The number of amides is 2. The first-order valence-electron chi connectivity index (χ1n) is 14.3. The number of benzene rings is 2. The smallest absolute Gasteiger partial charge is 0.255 e. The number of hydrogen-bond donors (Lipinski definition) is 0. The number of para-hydroxylation sites is 1. The summed E-state index contributed by atoms with van der Waals surface area (Å²) < 4.78 is 6.09. The van der Waals surface area contributed by atoms with Crippen molar-refractivity contribution in [2.45, 2.75) is 57.8 Å². The quantitative estimate of drug-likeness (QED) is 0.484. The summed E-state index contributed by atoms with van der Waals surface area (Å²) in [7, 11) is 1.89. The van der Waals surface area contributed by atoms with Crippen molar-refractivity contribution in [1.29, 1.82) is 0 Å². The van der Waals surface area contributed by atoms with Crippen molar-refractivity contribution >= 4 is 29.1 Å². The number of likely N-dealkylation sites (tertiary alicyclic amines) is 1. The van der Waals surface area contributed by atoms with E-state index < -0.39 is 5.41 Å². The lowest BCUT2D eigenvalue weighted by Crippen LogP contribution is -2.51. The van der Waals surface area contributed by atoms with Crippen LogP contribution in [-0.4, -0.2) is 68.0 Å². The minimum absolute atomic E-state index is 0.0255. The van der Waals surface area contributed by atoms with Gasteiger partial charge in [-0.1, -0.05) is 42.6 Å². The normalized spacial score (nSPS) is 20.8. The summed E-state index contributed by atoms with van der Waals surface area (Å²) in [5.74, 6) is 1.10. The van der Waals surface area contributed by atoms with Crippen LogP contribution in [0.25, 0.3) is 0 Å². The molecule has 0 saturated carbocycles. The molecule has 2 aromatic carbocycles. The largest absolute Gasteiger partial charge is 0.491 e. The number of anilines is 1. The van der Waals surface area contributed by atoms with Gasteiger partial charge in [-0.15, -0.1) is 0 Å². The van der Waals surface area contributed by atoms with Gasteiger partial charge in [0.15, 0.2) is 0 Å². The van der Waals surface area contributed by atoms with Gasteiger partial charge in [0.2, 0.25) is 5.91 Å². The van der Waals surface area contributed by atoms with E-state index in [4.69, 9.17) is 16.3 Å². The number of nitrogens with zero attached hydrogens (tertiary/aromatic N) is 3. The van der Waals surface area contributed by atoms with Crippen LogP contribution in [0.15, 0.2) is 42.5 Å². The van der Waals surface area contributed by atoms with Gasteiger partial charge in [-0.2, -0.15) is 0 Å². The molecule has 3 aliphatic heterocycles. The molecule has 0 bridgehead atoms. The topological polar surface area (TPSA) is 53.1 Å². The molecule has 2 amide bonds. The zero-order valence-corrected chi connectivity index (χ0v) is 23.3. The Kier molecular flexibility index (Phi) is 8.47. The highest BCUT2D eigenvalue weighted by Crippen LogP contribution is 2.40. The first-order valence-corrected chi connectivity index (χ1v) is 14.6. The molecule has 2 aromatic rings. The number of piperidine rings is 1. The van der Waals surface area contributed by atoms with Crippen LogP contribution in [0.1, 0.15) is 67.3 Å². The fraction of sp³-hybridized carbons (Fsp3) is 0.548. The number of hydrogen-bond acceptors (Lipinski definition) is 4. The van der Waals surface area contributed by atoms with E-state index >= 15 is 0 Å². The van der Waals surface area contributed by atoms with Crippen LogP contribution in [0.5, 0.6) is 5.75 Å². The summed E-state index contributed by atoms with van der Waals surface area (Å²) in [6, 6.07) is 14.1. The van der Waals surface area contributed by atoms with E-state index in [-0.39, 0.29) is 11.8 Å². The summed E-state index contributed by atoms with van der Waals surface area (Å²) >= 11 is 6.51. The lowest BCUT2D eigenvalue weighted by atomic mass is 9.73. The summed E-state index contributed by atoms with van der Waals surface area (Å²) in [5.41, 5.74) is 2.46. The third kappa shape index (κ3) is 5.80. The Balaban J connectivity index is 1.27. The van der Waals surface area contributed by atoms with Crippen LogP contribution in [0.2, 0.25) is 5.02 Å². The molecule has 0 radical (unpaired) electrons. The van der Waals surface area contributed by atoms with Crippen molar-refractivity contribution in [3.63, 3.8) is 0 Å². The molecule has 1 spiro atoms. The molecule has 204 valence electrons. The first-order chi connectivity index (χ1) is 18.5. The molecular formula is C31H40ClN3O3. The van der Waals surface area contributed by atoms with Crippen molar-refractivity contribution in [2.24, 2.45) is 5.41 Å². The van der Waals surface area contributed by atoms with Crippen molar-refractivity contribution in [1.82, 2.24) is 9.80 Å². The zero-order valence-electron chi connectivity index (χ0n) is 22.6. The maximum atomic E-state index is 13.8. The van der Waals surface area contributed by atoms with Crippen molar-refractivity contribution in [3.8, 4) is 5.75 Å². The van der Waals surface area contributed by atoms with Gasteiger partial charge in [-0.05, 0) is 74.8 Å². The van der Waals surface area contributed by atoms with Crippen LogP contribution in [0.3, 0.4) is 0 Å². The Labute approximate surface area is 231 Å². The van der Waals surface area contributed by atoms with E-state index in [2.05, 4.69) is 17.0 Å². The number of halogens is 1. The third-order valence-corrected chi connectivity index (χ3v) is 9.05. The highest BCUT2D eigenvalue weighted by Gasteiger charge is 2.43. The minimum atomic E-state index is -0.423. The maximum Gasteiger partial charge on any atom is 0.255 e. The van der Waals surface area contributed by atoms with E-state index in [0.29, 0.717) is 49.7 Å². The van der Waals surface area contributed by atoms with Crippen LogP contribution in [-0.2, 0) is 11.2 Å². The van der Waals surface area contributed by atoms with Gasteiger partial charge in [0.25, 0.3) is 5.91 Å². The second-order valence-electron chi connectivity index (χ2n) is 11.2. The summed E-state index contributed by atoms with van der Waals surface area (Å²) in [6.45, 7) is 4.22. The predicted octanol–water partition coefficient (Wildman–Crippen LogP) is 5.82. The van der Waals surface area contributed by atoms with Gasteiger partial charge >= 0.3 is 0 Å². The van der Waals surface area contributed by atoms with E-state index in [1.165, 1.54) is 18.4 Å².